The lowest BCUT2D eigenvalue weighted by molar-refractivity contribution is -0.183. The molecule has 1 atom stereocenters. The summed E-state index contributed by atoms with van der Waals surface area (Å²) < 4.78 is 17.0. The summed E-state index contributed by atoms with van der Waals surface area (Å²) in [7, 11) is -1.51. The highest BCUT2D eigenvalue weighted by atomic mass is 28.3. The molecule has 1 fully saturated rings. The van der Waals surface area contributed by atoms with Gasteiger partial charge in [-0.25, -0.2) is 0 Å². The fraction of sp³-hybridized carbons (Fsp3) is 0.385. The van der Waals surface area contributed by atoms with Crippen LogP contribution in [0.4, 0.5) is 0 Å². The van der Waals surface area contributed by atoms with Crippen molar-refractivity contribution in [2.75, 3.05) is 13.2 Å². The molecule has 166 valence electrons. The third kappa shape index (κ3) is 6.80. The smallest absolute Gasteiger partial charge is 0.304 e. The zero-order chi connectivity index (χ0) is 23.2. The van der Waals surface area contributed by atoms with Gasteiger partial charge in [0.05, 0.1) is 13.2 Å². The van der Waals surface area contributed by atoms with Crippen molar-refractivity contribution in [2.24, 2.45) is 0 Å². The number of carbonyl (C=O) groups excluding carboxylic acids is 1. The van der Waals surface area contributed by atoms with Crippen LogP contribution in [-0.2, 0) is 24.6 Å². The summed E-state index contributed by atoms with van der Waals surface area (Å²) in [5.74, 6) is 9.10. The molecule has 0 amide bonds. The van der Waals surface area contributed by atoms with Crippen molar-refractivity contribution in [1.82, 2.24) is 4.98 Å². The van der Waals surface area contributed by atoms with Crippen molar-refractivity contribution in [3.8, 4) is 23.3 Å². The predicted molar refractivity (Wildman–Crippen MR) is 126 cm³/mol. The lowest BCUT2D eigenvalue weighted by atomic mass is 9.94. The molecule has 0 bridgehead atoms. The van der Waals surface area contributed by atoms with Crippen molar-refractivity contribution in [3.05, 3.63) is 65.0 Å². The molecule has 1 aliphatic heterocycles. The molecule has 1 aromatic carbocycles. The highest BCUT2D eigenvalue weighted by Gasteiger charge is 2.28. The van der Waals surface area contributed by atoms with Crippen LogP contribution in [0.1, 0.15) is 48.8 Å². The molecule has 3 rings (SSSR count). The highest BCUT2D eigenvalue weighted by Crippen LogP contribution is 2.27. The summed E-state index contributed by atoms with van der Waals surface area (Å²) in [5.41, 5.74) is 5.38. The van der Waals surface area contributed by atoms with E-state index in [0.29, 0.717) is 18.8 Å². The van der Waals surface area contributed by atoms with Crippen LogP contribution < -0.4 is 0 Å². The molecule has 5 nitrogen and oxygen atoms in total. The molecule has 1 aromatic heterocycles. The first kappa shape index (κ1) is 23.8. The summed E-state index contributed by atoms with van der Waals surface area (Å²) in [5, 5.41) is 0. The molecule has 2 aromatic rings. The molecule has 0 radical (unpaired) electrons. The van der Waals surface area contributed by atoms with Gasteiger partial charge in [-0.15, -0.1) is 5.54 Å². The van der Waals surface area contributed by atoms with Crippen LogP contribution in [0.25, 0.3) is 0 Å². The Morgan fingerprint density at radius 2 is 1.88 bits per heavy atom. The molecular weight excluding hydrogens is 418 g/mol. The van der Waals surface area contributed by atoms with Crippen LogP contribution in [0.5, 0.6) is 0 Å². The fourth-order valence-electron chi connectivity index (χ4n) is 3.12. The minimum atomic E-state index is -1.51. The largest absolute Gasteiger partial charge is 0.442 e. The van der Waals surface area contributed by atoms with Gasteiger partial charge in [0.1, 0.15) is 8.07 Å². The maximum Gasteiger partial charge on any atom is 0.304 e. The Morgan fingerprint density at radius 1 is 1.12 bits per heavy atom. The second-order valence-corrected chi connectivity index (χ2v) is 13.6. The van der Waals surface area contributed by atoms with Gasteiger partial charge in [0.2, 0.25) is 0 Å². The van der Waals surface area contributed by atoms with Crippen LogP contribution in [0.3, 0.4) is 0 Å². The Bertz CT molecular complexity index is 1090. The molecule has 0 N–H and O–H groups in total. The average molecular weight is 448 g/mol. The number of esters is 1. The lowest BCUT2D eigenvalue weighted by Crippen LogP contribution is -2.26. The van der Waals surface area contributed by atoms with Gasteiger partial charge < -0.3 is 14.2 Å². The molecule has 1 unspecified atom stereocenters. The molecule has 6 heteroatoms. The van der Waals surface area contributed by atoms with E-state index in [4.69, 9.17) is 14.2 Å². The second kappa shape index (κ2) is 10.1. The van der Waals surface area contributed by atoms with Crippen molar-refractivity contribution in [3.63, 3.8) is 0 Å². The third-order valence-corrected chi connectivity index (χ3v) is 5.52. The predicted octanol–water partition coefficient (Wildman–Crippen LogP) is 4.58. The van der Waals surface area contributed by atoms with E-state index < -0.39 is 25.9 Å². The number of pyridine rings is 1. The van der Waals surface area contributed by atoms with E-state index in [1.807, 2.05) is 30.3 Å². The number of hydrogen-bond donors (Lipinski definition) is 0. The Labute approximate surface area is 191 Å². The average Bonchev–Trinajstić information content (AvgIpc) is 2.76. The van der Waals surface area contributed by atoms with E-state index in [0.717, 1.165) is 23.1 Å². The van der Waals surface area contributed by atoms with Gasteiger partial charge in [0.15, 0.2) is 11.9 Å². The molecule has 1 saturated heterocycles. The quantitative estimate of drug-likeness (QED) is 0.392. The van der Waals surface area contributed by atoms with Crippen LogP contribution in [0, 0.1) is 23.3 Å². The number of aromatic nitrogens is 1. The highest BCUT2D eigenvalue weighted by molar-refractivity contribution is 6.83. The van der Waals surface area contributed by atoms with Crippen molar-refractivity contribution in [2.45, 2.75) is 51.8 Å². The van der Waals surface area contributed by atoms with Gasteiger partial charge in [0.25, 0.3) is 0 Å². The lowest BCUT2D eigenvalue weighted by Gasteiger charge is -2.24. The normalized spacial score (nSPS) is 16.0. The van der Waals surface area contributed by atoms with E-state index in [1.54, 1.807) is 19.3 Å². The molecule has 1 aliphatic rings. The number of rotatable bonds is 3. The van der Waals surface area contributed by atoms with Gasteiger partial charge in [-0.2, -0.15) is 0 Å². The minimum absolute atomic E-state index is 0.406. The molecule has 0 saturated carbocycles. The molecule has 2 heterocycles. The molecule has 0 spiro atoms. The first-order valence-corrected chi connectivity index (χ1v) is 14.2. The number of nitrogens with zero attached hydrogens (tertiary/aromatic N) is 1. The topological polar surface area (TPSA) is 57.7 Å². The van der Waals surface area contributed by atoms with E-state index in [9.17, 15) is 4.79 Å². The number of carbonyl (C=O) groups is 1. The fourth-order valence-corrected chi connectivity index (χ4v) is 3.64. The van der Waals surface area contributed by atoms with Crippen LogP contribution in [0.15, 0.2) is 42.7 Å². The van der Waals surface area contributed by atoms with Gasteiger partial charge in [-0.05, 0) is 37.5 Å². The van der Waals surface area contributed by atoms with Gasteiger partial charge in [0, 0.05) is 41.6 Å². The minimum Gasteiger partial charge on any atom is -0.442 e. The first-order chi connectivity index (χ1) is 15.1. The van der Waals surface area contributed by atoms with Gasteiger partial charge in [-0.1, -0.05) is 43.6 Å². The van der Waals surface area contributed by atoms with Crippen LogP contribution >= 0.6 is 0 Å². The Hall–Kier alpha value is -2.90. The van der Waals surface area contributed by atoms with Crippen molar-refractivity contribution in [1.29, 1.82) is 0 Å². The second-order valence-electron chi connectivity index (χ2n) is 8.89. The summed E-state index contributed by atoms with van der Waals surface area (Å²) in [6.07, 6.45) is 3.83. The maximum absolute atomic E-state index is 11.9. The monoisotopic (exact) mass is 447 g/mol. The summed E-state index contributed by atoms with van der Waals surface area (Å²) in [4.78, 5) is 16.2. The number of ether oxygens (including phenoxy) is 3. The molecule has 0 aliphatic carbocycles. The third-order valence-electron chi connectivity index (χ3n) is 4.65. The SMILES string of the molecule is CC(=O)OC(C)(C#Cc1cncc(C2OCCCO2)c1)c1cccc(C#C[Si](C)(C)C)c1. The van der Waals surface area contributed by atoms with Crippen LogP contribution in [-0.4, -0.2) is 32.2 Å². The molecule has 32 heavy (non-hydrogen) atoms. The van der Waals surface area contributed by atoms with Crippen LogP contribution in [0.2, 0.25) is 19.6 Å². The maximum atomic E-state index is 11.9. The zero-order valence-corrected chi connectivity index (χ0v) is 20.3. The van der Waals surface area contributed by atoms with Crippen molar-refractivity contribution >= 4 is 14.0 Å². The van der Waals surface area contributed by atoms with Crippen molar-refractivity contribution < 1.29 is 19.0 Å². The Balaban J connectivity index is 1.93. The number of benzene rings is 1. The van der Waals surface area contributed by atoms with E-state index in [1.165, 1.54) is 6.92 Å². The standard InChI is InChI=1S/C26H29NO4Si/c1-20(28)31-26(2,24-9-6-8-21(17-24)11-15-32(3,4)5)12-10-22-16-23(19-27-18-22)25-29-13-7-14-30-25/h6,8-9,16-19,25H,7,13-14H2,1-5H3. The summed E-state index contributed by atoms with van der Waals surface area (Å²) in [6, 6.07) is 9.58. The van der Waals surface area contributed by atoms with Gasteiger partial charge in [-0.3, -0.25) is 9.78 Å². The van der Waals surface area contributed by atoms with Gasteiger partial charge >= 0.3 is 5.97 Å². The van der Waals surface area contributed by atoms with E-state index in [-0.39, 0.29) is 0 Å². The van der Waals surface area contributed by atoms with E-state index >= 15 is 0 Å². The summed E-state index contributed by atoms with van der Waals surface area (Å²) >= 11 is 0. The molecular formula is C26H29NO4Si. The van der Waals surface area contributed by atoms with E-state index in [2.05, 4.69) is 47.9 Å². The number of hydrogen-bond acceptors (Lipinski definition) is 5. The summed E-state index contributed by atoms with van der Waals surface area (Å²) in [6.45, 7) is 11.1. The Kier molecular flexibility index (Phi) is 7.53. The zero-order valence-electron chi connectivity index (χ0n) is 19.3. The Morgan fingerprint density at radius 3 is 2.56 bits per heavy atom. The first-order valence-electron chi connectivity index (χ1n) is 10.7.